The van der Waals surface area contributed by atoms with E-state index >= 15 is 0 Å². The van der Waals surface area contributed by atoms with Gasteiger partial charge >= 0.3 is 0 Å². The van der Waals surface area contributed by atoms with Gasteiger partial charge in [-0.2, -0.15) is 0 Å². The quantitative estimate of drug-likeness (QED) is 0.902. The fraction of sp³-hybridized carbons (Fsp3) is 0.600. The van der Waals surface area contributed by atoms with Gasteiger partial charge in [0.25, 0.3) is 0 Å². The largest absolute Gasteiger partial charge is 0.381 e. The summed E-state index contributed by atoms with van der Waals surface area (Å²) in [4.78, 5) is 0. The smallest absolute Gasteiger partial charge is 0.163 e. The lowest BCUT2D eigenvalue weighted by atomic mass is 9.81. The normalized spacial score (nSPS) is 19.8. The molecular weight excluding hydrogens is 264 g/mol. The molecule has 0 aliphatic carbocycles. The van der Waals surface area contributed by atoms with Crippen molar-refractivity contribution in [1.29, 1.82) is 0 Å². The van der Waals surface area contributed by atoms with Gasteiger partial charge in [-0.05, 0) is 20.0 Å². The molecule has 2 rings (SSSR count). The molecule has 1 aromatic rings. The molecule has 0 amide bonds. The second-order valence-electron chi connectivity index (χ2n) is 4.97. The number of benzene rings is 1. The summed E-state index contributed by atoms with van der Waals surface area (Å²) in [5.74, 6) is -1.64. The molecule has 0 radical (unpaired) electrons. The van der Waals surface area contributed by atoms with Crippen molar-refractivity contribution in [1.82, 2.24) is 5.32 Å². The molecule has 1 N–H and O–H groups in total. The summed E-state index contributed by atoms with van der Waals surface area (Å²) < 4.78 is 38.9. The van der Waals surface area contributed by atoms with Gasteiger partial charge in [-0.3, -0.25) is 0 Å². The second-order valence-corrected chi connectivity index (χ2v) is 4.97. The monoisotopic (exact) mass is 285 g/mol. The van der Waals surface area contributed by atoms with Gasteiger partial charge in [0.15, 0.2) is 11.6 Å². The average Bonchev–Trinajstić information content (AvgIpc) is 2.45. The predicted molar refractivity (Wildman–Crippen MR) is 72.6 cm³/mol. The summed E-state index contributed by atoms with van der Waals surface area (Å²) in [5, 5.41) is 3.09. The molecule has 1 unspecified atom stereocenters. The van der Waals surface area contributed by atoms with Crippen LogP contribution in [0.5, 0.6) is 0 Å². The Morgan fingerprint density at radius 2 is 2.05 bits per heavy atom. The van der Waals surface area contributed by atoms with Crippen molar-refractivity contribution in [2.45, 2.75) is 31.4 Å². The van der Waals surface area contributed by atoms with E-state index < -0.39 is 23.3 Å². The minimum absolute atomic E-state index is 0.308. The molecule has 112 valence electrons. The number of likely N-dealkylation sites (N-methyl/N-ethyl adjacent to an activating group) is 1. The van der Waals surface area contributed by atoms with Crippen LogP contribution in [-0.4, -0.2) is 32.5 Å². The molecule has 1 fully saturated rings. The maximum absolute atomic E-state index is 14.1. The van der Waals surface area contributed by atoms with Crippen LogP contribution in [0.3, 0.4) is 0 Å². The van der Waals surface area contributed by atoms with Crippen molar-refractivity contribution in [3.8, 4) is 0 Å². The van der Waals surface area contributed by atoms with E-state index in [9.17, 15) is 8.78 Å². The predicted octanol–water partition coefficient (Wildman–Crippen LogP) is 2.81. The van der Waals surface area contributed by atoms with E-state index in [2.05, 4.69) is 5.32 Å². The van der Waals surface area contributed by atoms with Crippen molar-refractivity contribution in [3.05, 3.63) is 35.4 Å². The third kappa shape index (κ3) is 2.85. The maximum atomic E-state index is 14.1. The van der Waals surface area contributed by atoms with Gasteiger partial charge in [0, 0.05) is 38.2 Å². The highest BCUT2D eigenvalue weighted by molar-refractivity contribution is 5.26. The fourth-order valence-electron chi connectivity index (χ4n) is 2.97. The molecule has 1 aliphatic rings. The van der Waals surface area contributed by atoms with Crippen molar-refractivity contribution < 1.29 is 18.3 Å². The molecule has 1 heterocycles. The van der Waals surface area contributed by atoms with Gasteiger partial charge in [0.05, 0.1) is 11.6 Å². The highest BCUT2D eigenvalue weighted by Crippen LogP contribution is 2.38. The molecule has 1 aliphatic heterocycles. The molecule has 0 spiro atoms. The first-order chi connectivity index (χ1) is 9.64. The van der Waals surface area contributed by atoms with Gasteiger partial charge in [-0.1, -0.05) is 12.1 Å². The second kappa shape index (κ2) is 6.61. The zero-order chi connectivity index (χ0) is 14.6. The SMILES string of the molecule is CCOC1(C(NC)c2cccc(F)c2F)CCOCC1. The van der Waals surface area contributed by atoms with Crippen molar-refractivity contribution in [3.63, 3.8) is 0 Å². The van der Waals surface area contributed by atoms with Gasteiger partial charge in [-0.25, -0.2) is 8.78 Å². The Balaban J connectivity index is 2.39. The summed E-state index contributed by atoms with van der Waals surface area (Å²) in [7, 11) is 1.74. The van der Waals surface area contributed by atoms with Crippen molar-refractivity contribution in [2.75, 3.05) is 26.9 Å². The molecule has 5 heteroatoms. The molecule has 0 aromatic heterocycles. The first-order valence-electron chi connectivity index (χ1n) is 6.97. The van der Waals surface area contributed by atoms with Crippen LogP contribution in [-0.2, 0) is 9.47 Å². The van der Waals surface area contributed by atoms with Gasteiger partial charge in [0.1, 0.15) is 0 Å². The van der Waals surface area contributed by atoms with Gasteiger partial charge in [0.2, 0.25) is 0 Å². The molecule has 20 heavy (non-hydrogen) atoms. The molecular formula is C15H21F2NO2. The molecule has 1 atom stereocenters. The maximum Gasteiger partial charge on any atom is 0.163 e. The summed E-state index contributed by atoms with van der Waals surface area (Å²) in [5.41, 5.74) is -0.251. The fourth-order valence-corrected chi connectivity index (χ4v) is 2.97. The lowest BCUT2D eigenvalue weighted by molar-refractivity contribution is -0.127. The van der Waals surface area contributed by atoms with Crippen LogP contribution in [0.25, 0.3) is 0 Å². The van der Waals surface area contributed by atoms with Crippen LogP contribution in [0.4, 0.5) is 8.78 Å². The summed E-state index contributed by atoms with van der Waals surface area (Å²) in [6, 6.07) is 3.86. The Labute approximate surface area is 118 Å². The van der Waals surface area contributed by atoms with Crippen molar-refractivity contribution >= 4 is 0 Å². The van der Waals surface area contributed by atoms with Crippen LogP contribution >= 0.6 is 0 Å². The highest BCUT2D eigenvalue weighted by atomic mass is 19.2. The summed E-state index contributed by atoms with van der Waals surface area (Å²) >= 11 is 0. The zero-order valence-electron chi connectivity index (χ0n) is 11.9. The summed E-state index contributed by atoms with van der Waals surface area (Å²) in [6.07, 6.45) is 1.31. The number of hydrogen-bond acceptors (Lipinski definition) is 3. The molecule has 3 nitrogen and oxygen atoms in total. The standard InChI is InChI=1S/C15H21F2NO2/c1-3-20-15(7-9-19-10-8-15)14(18-2)11-5-4-6-12(16)13(11)17/h4-6,14,18H,3,7-10H2,1-2H3. The minimum Gasteiger partial charge on any atom is -0.381 e. The number of hydrogen-bond donors (Lipinski definition) is 1. The topological polar surface area (TPSA) is 30.5 Å². The van der Waals surface area contributed by atoms with Gasteiger partial charge < -0.3 is 14.8 Å². The van der Waals surface area contributed by atoms with E-state index in [0.29, 0.717) is 38.2 Å². The Morgan fingerprint density at radius 3 is 2.65 bits per heavy atom. The van der Waals surface area contributed by atoms with Crippen molar-refractivity contribution in [2.24, 2.45) is 0 Å². The Hall–Kier alpha value is -1.04. The minimum atomic E-state index is -0.832. The molecule has 1 aromatic carbocycles. The van der Waals surface area contributed by atoms with E-state index in [0.717, 1.165) is 6.07 Å². The highest BCUT2D eigenvalue weighted by Gasteiger charge is 2.42. The lowest BCUT2D eigenvalue weighted by Crippen LogP contribution is -2.49. The third-order valence-corrected chi connectivity index (χ3v) is 3.88. The first kappa shape index (κ1) is 15.4. The number of ether oxygens (including phenoxy) is 2. The first-order valence-corrected chi connectivity index (χ1v) is 6.97. The van der Waals surface area contributed by atoms with Crippen LogP contribution in [0, 0.1) is 11.6 Å². The van der Waals surface area contributed by atoms with Crippen LogP contribution in [0.15, 0.2) is 18.2 Å². The van der Waals surface area contributed by atoms with Crippen LogP contribution < -0.4 is 5.32 Å². The van der Waals surface area contributed by atoms with Gasteiger partial charge in [-0.15, -0.1) is 0 Å². The van der Waals surface area contributed by atoms with E-state index in [1.54, 1.807) is 13.1 Å². The Morgan fingerprint density at radius 1 is 1.35 bits per heavy atom. The van der Waals surface area contributed by atoms with E-state index in [4.69, 9.17) is 9.47 Å². The third-order valence-electron chi connectivity index (χ3n) is 3.88. The van der Waals surface area contributed by atoms with E-state index in [1.165, 1.54) is 6.07 Å². The van der Waals surface area contributed by atoms with E-state index in [-0.39, 0.29) is 0 Å². The molecule has 0 bridgehead atoms. The zero-order valence-corrected chi connectivity index (χ0v) is 11.9. The van der Waals surface area contributed by atoms with E-state index in [1.807, 2.05) is 6.92 Å². The Kier molecular flexibility index (Phi) is 5.07. The lowest BCUT2D eigenvalue weighted by Gasteiger charge is -2.43. The molecule has 1 saturated heterocycles. The number of nitrogens with one attached hydrogen (secondary N) is 1. The number of rotatable bonds is 5. The average molecular weight is 285 g/mol. The Bertz CT molecular complexity index is 442. The summed E-state index contributed by atoms with van der Waals surface area (Å²) in [6.45, 7) is 3.56. The molecule has 0 saturated carbocycles. The van der Waals surface area contributed by atoms with Crippen LogP contribution in [0.2, 0.25) is 0 Å². The van der Waals surface area contributed by atoms with Crippen LogP contribution in [0.1, 0.15) is 31.4 Å². The number of halogens is 2.